The Morgan fingerprint density at radius 1 is 0.692 bits per heavy atom. The Bertz CT molecular complexity index is 2140. The number of nitrogens with zero attached hydrogens (tertiary/aromatic N) is 1. The molecule has 0 N–H and O–H groups in total. The molecule has 1 saturated heterocycles. The molecule has 3 heterocycles. The molecular weight excluding hydrogens is 635 g/mol. The molecule has 52 heavy (non-hydrogen) atoms. The summed E-state index contributed by atoms with van der Waals surface area (Å²) >= 11 is 0. The number of benzene rings is 1. The van der Waals surface area contributed by atoms with E-state index in [-0.39, 0.29) is 41.3 Å². The highest BCUT2D eigenvalue weighted by atomic mass is 16.5. The number of ether oxygens (including phenoxy) is 2. The van der Waals surface area contributed by atoms with Gasteiger partial charge in [-0.05, 0) is 66.5 Å². The van der Waals surface area contributed by atoms with Crippen LogP contribution in [0.3, 0.4) is 0 Å². The summed E-state index contributed by atoms with van der Waals surface area (Å²) in [6.45, 7) is 0. The van der Waals surface area contributed by atoms with Crippen molar-refractivity contribution in [2.24, 2.45) is 40.9 Å². The van der Waals surface area contributed by atoms with Gasteiger partial charge in [-0.15, -0.1) is 0 Å². The first kappa shape index (κ1) is 30.7. The molecule has 3 heteroatoms. The number of allylic oxidation sites excluding steroid dienone is 21. The summed E-state index contributed by atoms with van der Waals surface area (Å²) in [5.41, 5.74) is 8.18. The lowest BCUT2D eigenvalue weighted by molar-refractivity contribution is -0.138. The average Bonchev–Trinajstić information content (AvgIpc) is 3.56. The van der Waals surface area contributed by atoms with Crippen LogP contribution < -0.4 is 0 Å². The van der Waals surface area contributed by atoms with E-state index in [1.165, 1.54) is 39.4 Å². The first-order valence-corrected chi connectivity index (χ1v) is 19.6. The molecule has 1 fully saturated rings. The van der Waals surface area contributed by atoms with Crippen LogP contribution in [0, 0.1) is 40.9 Å². The zero-order valence-corrected chi connectivity index (χ0v) is 29.5. The van der Waals surface area contributed by atoms with E-state index in [1.54, 1.807) is 0 Å². The summed E-state index contributed by atoms with van der Waals surface area (Å²) in [4.78, 5) is 2.75. The summed E-state index contributed by atoms with van der Waals surface area (Å²) in [6.07, 6.45) is 54.7. The highest BCUT2D eigenvalue weighted by Gasteiger charge is 2.64. The molecule has 0 amide bonds. The maximum absolute atomic E-state index is 7.40. The van der Waals surface area contributed by atoms with Crippen LogP contribution in [-0.4, -0.2) is 23.1 Å². The molecule has 10 aliphatic rings. The maximum Gasteiger partial charge on any atom is 0.111 e. The number of hydrogen-bond acceptors (Lipinski definition) is 3. The molecule has 10 atom stereocenters. The monoisotopic (exact) mass is 679 g/mol. The second kappa shape index (κ2) is 12.1. The molecule has 0 saturated carbocycles. The molecule has 7 aliphatic carbocycles. The van der Waals surface area contributed by atoms with Crippen LogP contribution in [0.5, 0.6) is 0 Å². The molecule has 3 nitrogen and oxygen atoms in total. The Hall–Kier alpha value is -4.86. The van der Waals surface area contributed by atoms with E-state index in [4.69, 9.17) is 9.47 Å². The van der Waals surface area contributed by atoms with Gasteiger partial charge >= 0.3 is 0 Å². The van der Waals surface area contributed by atoms with Gasteiger partial charge in [0.2, 0.25) is 0 Å². The van der Waals surface area contributed by atoms with E-state index in [9.17, 15) is 0 Å². The zero-order chi connectivity index (χ0) is 34.2. The summed E-state index contributed by atoms with van der Waals surface area (Å²) in [6, 6.07) is 11.2. The molecule has 3 aliphatic heterocycles. The molecular formula is C49H45NO2. The predicted molar refractivity (Wildman–Crippen MR) is 209 cm³/mol. The van der Waals surface area contributed by atoms with Crippen LogP contribution in [0.15, 0.2) is 192 Å². The van der Waals surface area contributed by atoms with Crippen LogP contribution in [0.2, 0.25) is 0 Å². The minimum Gasteiger partial charge on any atom is -0.465 e. The Balaban J connectivity index is 1.11. The van der Waals surface area contributed by atoms with Gasteiger partial charge in [0.05, 0.1) is 18.2 Å². The van der Waals surface area contributed by atoms with Gasteiger partial charge in [0.1, 0.15) is 11.5 Å². The average molecular weight is 680 g/mol. The smallest absolute Gasteiger partial charge is 0.111 e. The molecule has 258 valence electrons. The molecule has 0 bridgehead atoms. The Labute approximate surface area is 307 Å². The maximum atomic E-state index is 7.40. The fraction of sp³-hybridized carbons (Fsp3) is 0.306. The quantitative estimate of drug-likeness (QED) is 0.317. The molecule has 10 unspecified atom stereocenters. The Morgan fingerprint density at radius 2 is 1.52 bits per heavy atom. The third-order valence-electron chi connectivity index (χ3n) is 13.6. The van der Waals surface area contributed by atoms with Crippen molar-refractivity contribution >= 4 is 5.57 Å². The molecule has 1 spiro atoms. The van der Waals surface area contributed by atoms with Gasteiger partial charge in [-0.25, -0.2) is 0 Å². The van der Waals surface area contributed by atoms with E-state index < -0.39 is 0 Å². The van der Waals surface area contributed by atoms with Crippen LogP contribution in [0.4, 0.5) is 0 Å². The van der Waals surface area contributed by atoms with Gasteiger partial charge in [0.25, 0.3) is 0 Å². The van der Waals surface area contributed by atoms with Crippen molar-refractivity contribution in [1.82, 2.24) is 4.90 Å². The third-order valence-corrected chi connectivity index (χ3v) is 13.6. The molecule has 0 radical (unpaired) electrons. The van der Waals surface area contributed by atoms with E-state index in [2.05, 4.69) is 163 Å². The van der Waals surface area contributed by atoms with Gasteiger partial charge in [0.15, 0.2) is 0 Å². The molecule has 1 aromatic rings. The summed E-state index contributed by atoms with van der Waals surface area (Å²) in [5.74, 6) is 3.79. The first-order valence-electron chi connectivity index (χ1n) is 19.6. The Kier molecular flexibility index (Phi) is 7.15. The minimum absolute atomic E-state index is 0.000555. The van der Waals surface area contributed by atoms with Gasteiger partial charge in [-0.3, -0.25) is 0 Å². The second-order valence-corrected chi connectivity index (χ2v) is 15.9. The fourth-order valence-corrected chi connectivity index (χ4v) is 11.6. The lowest BCUT2D eigenvalue weighted by Gasteiger charge is -2.61. The summed E-state index contributed by atoms with van der Waals surface area (Å²) in [5, 5.41) is 0. The predicted octanol–water partition coefficient (Wildman–Crippen LogP) is 10.6. The standard InChI is InChI=1S/C49H45NO2/c1-3-15-32(16-4-1)33-29-30-46-42(31-33)49(39-23-8-11-27-44(39)51-46)40-24-9-12-28-45(40)52-48-38(22-14-25-41(48)49)37-21-13-20-36-35-19-7-10-26-43(35)50(47(36)37)34-17-5-2-6-18-34/h1-5,7-17,19-20,23,25-31,35,37-40,42-44,46H,6,18,21-22,24H2. The lowest BCUT2D eigenvalue weighted by Crippen LogP contribution is -2.60. The highest BCUT2D eigenvalue weighted by molar-refractivity contribution is 5.76. The van der Waals surface area contributed by atoms with Crippen molar-refractivity contribution in [3.63, 3.8) is 0 Å². The van der Waals surface area contributed by atoms with E-state index in [1.807, 2.05) is 0 Å². The van der Waals surface area contributed by atoms with Crippen LogP contribution in [-0.2, 0) is 9.47 Å². The molecule has 1 aromatic carbocycles. The van der Waals surface area contributed by atoms with Gasteiger partial charge in [-0.1, -0.05) is 146 Å². The molecule has 11 rings (SSSR count). The zero-order valence-electron chi connectivity index (χ0n) is 29.5. The van der Waals surface area contributed by atoms with E-state index >= 15 is 0 Å². The largest absolute Gasteiger partial charge is 0.465 e. The summed E-state index contributed by atoms with van der Waals surface area (Å²) in [7, 11) is 0. The van der Waals surface area contributed by atoms with Crippen molar-refractivity contribution in [3.8, 4) is 0 Å². The third kappa shape index (κ3) is 4.41. The normalized spacial score (nSPS) is 38.6. The van der Waals surface area contributed by atoms with Crippen molar-refractivity contribution in [2.45, 2.75) is 50.4 Å². The topological polar surface area (TPSA) is 21.7 Å². The highest BCUT2D eigenvalue weighted by Crippen LogP contribution is 2.66. The van der Waals surface area contributed by atoms with Crippen molar-refractivity contribution in [2.75, 3.05) is 0 Å². The number of rotatable bonds is 3. The second-order valence-electron chi connectivity index (χ2n) is 15.9. The van der Waals surface area contributed by atoms with Crippen molar-refractivity contribution in [1.29, 1.82) is 0 Å². The summed E-state index contributed by atoms with van der Waals surface area (Å²) < 4.78 is 14.5. The number of fused-ring (bicyclic) bond motifs is 9. The van der Waals surface area contributed by atoms with E-state index in [0.29, 0.717) is 17.9 Å². The Morgan fingerprint density at radius 3 is 2.44 bits per heavy atom. The van der Waals surface area contributed by atoms with Crippen molar-refractivity contribution < 1.29 is 9.47 Å². The number of hydrogen-bond donors (Lipinski definition) is 0. The van der Waals surface area contributed by atoms with Crippen molar-refractivity contribution in [3.05, 3.63) is 198 Å². The minimum atomic E-state index is -0.244. The fourth-order valence-electron chi connectivity index (χ4n) is 11.6. The van der Waals surface area contributed by atoms with Gasteiger partial charge in [0, 0.05) is 52.3 Å². The van der Waals surface area contributed by atoms with E-state index in [0.717, 1.165) is 37.9 Å². The van der Waals surface area contributed by atoms with Gasteiger partial charge < -0.3 is 14.4 Å². The lowest BCUT2D eigenvalue weighted by atomic mass is 9.47. The van der Waals surface area contributed by atoms with Crippen LogP contribution in [0.25, 0.3) is 5.57 Å². The van der Waals surface area contributed by atoms with Gasteiger partial charge in [-0.2, -0.15) is 0 Å². The molecule has 0 aromatic heterocycles. The van der Waals surface area contributed by atoms with Crippen LogP contribution >= 0.6 is 0 Å². The van der Waals surface area contributed by atoms with Crippen LogP contribution in [0.1, 0.15) is 37.7 Å². The first-order chi connectivity index (χ1) is 25.8. The SMILES string of the molecule is C1=CCCC(N2C3=C(C=CCC3C3CC=CC4=C3OC3=CC=CCC3C43C4C=CC=CC4OC4C=CC(c5ccccc5)=CC43)C3C=CC=CC32)=C1.